The first kappa shape index (κ1) is 16.3. The van der Waals surface area contributed by atoms with E-state index in [1.54, 1.807) is 0 Å². The lowest BCUT2D eigenvalue weighted by molar-refractivity contribution is -0.174. The van der Waals surface area contributed by atoms with Gasteiger partial charge in [-0.3, -0.25) is 0 Å². The Morgan fingerprint density at radius 1 is 1.50 bits per heavy atom. The highest BCUT2D eigenvalue weighted by atomic mass is 19.4. The van der Waals surface area contributed by atoms with Crippen LogP contribution in [0.5, 0.6) is 0 Å². The first-order valence-electron chi connectivity index (χ1n) is 5.02. The minimum absolute atomic E-state index is 0.160. The van der Waals surface area contributed by atoms with Crippen LogP contribution in [0, 0.1) is 5.92 Å². The number of carboxylic acid groups (broad SMARTS) is 1. The van der Waals surface area contributed by atoms with Crippen molar-refractivity contribution in [2.75, 3.05) is 6.61 Å². The molecule has 2 unspecified atom stereocenters. The number of halogens is 3. The second-order valence-electron chi connectivity index (χ2n) is 3.60. The van der Waals surface area contributed by atoms with E-state index in [0.29, 0.717) is 0 Å². The molecule has 0 saturated carbocycles. The van der Waals surface area contributed by atoms with E-state index in [1.165, 1.54) is 6.08 Å². The van der Waals surface area contributed by atoms with Crippen molar-refractivity contribution in [2.24, 2.45) is 5.92 Å². The van der Waals surface area contributed by atoms with Gasteiger partial charge in [0.2, 0.25) is 0 Å². The predicted octanol–water partition coefficient (Wildman–Crippen LogP) is 1.94. The van der Waals surface area contributed by atoms with Gasteiger partial charge in [0, 0.05) is 0 Å². The van der Waals surface area contributed by atoms with Gasteiger partial charge in [-0.1, -0.05) is 19.6 Å². The number of amides is 1. The number of rotatable bonds is 6. The molecule has 5 nitrogen and oxygen atoms in total. The van der Waals surface area contributed by atoms with Gasteiger partial charge in [0.15, 0.2) is 0 Å². The zero-order chi connectivity index (χ0) is 14.3. The van der Waals surface area contributed by atoms with Crippen molar-refractivity contribution in [2.45, 2.75) is 25.6 Å². The SMILES string of the molecule is C=CCOC(=O)NC(CC(C)C(F)(F)F)C(=O)O. The van der Waals surface area contributed by atoms with Crippen molar-refractivity contribution in [3.05, 3.63) is 12.7 Å². The Morgan fingerprint density at radius 3 is 2.44 bits per heavy atom. The normalized spacial score (nSPS) is 14.4. The molecule has 2 N–H and O–H groups in total. The molecule has 18 heavy (non-hydrogen) atoms. The lowest BCUT2D eigenvalue weighted by Crippen LogP contribution is -2.43. The first-order chi connectivity index (χ1) is 8.18. The number of alkyl carbamates (subject to hydrolysis) is 1. The van der Waals surface area contributed by atoms with Crippen molar-refractivity contribution in [3.63, 3.8) is 0 Å². The highest BCUT2D eigenvalue weighted by molar-refractivity contribution is 5.79. The Kier molecular flexibility index (Phi) is 6.21. The first-order valence-corrected chi connectivity index (χ1v) is 5.02. The standard InChI is InChI=1S/C10H14F3NO4/c1-3-4-18-9(17)14-7(8(15)16)5-6(2)10(11,12)13/h3,6-7H,1,4-5H2,2H3,(H,14,17)(H,15,16). The van der Waals surface area contributed by atoms with Gasteiger partial charge in [-0.05, 0) is 6.42 Å². The number of carboxylic acids is 1. The zero-order valence-corrected chi connectivity index (χ0v) is 9.66. The van der Waals surface area contributed by atoms with E-state index in [4.69, 9.17) is 5.11 Å². The maximum Gasteiger partial charge on any atom is 0.408 e. The summed E-state index contributed by atoms with van der Waals surface area (Å²) in [4.78, 5) is 21.7. The van der Waals surface area contributed by atoms with Gasteiger partial charge in [0.25, 0.3) is 0 Å². The maximum absolute atomic E-state index is 12.3. The lowest BCUT2D eigenvalue weighted by atomic mass is 10.0. The molecule has 0 rings (SSSR count). The molecule has 0 aliphatic carbocycles. The van der Waals surface area contributed by atoms with Gasteiger partial charge < -0.3 is 15.2 Å². The molecule has 0 aliphatic rings. The van der Waals surface area contributed by atoms with Crippen LogP contribution in [-0.2, 0) is 9.53 Å². The molecule has 0 spiro atoms. The summed E-state index contributed by atoms with van der Waals surface area (Å²) in [6.45, 7) is 3.94. The second-order valence-corrected chi connectivity index (χ2v) is 3.60. The highest BCUT2D eigenvalue weighted by Crippen LogP contribution is 2.29. The minimum Gasteiger partial charge on any atom is -0.480 e. The van der Waals surface area contributed by atoms with Crippen LogP contribution in [0.1, 0.15) is 13.3 Å². The molecule has 0 saturated heterocycles. The monoisotopic (exact) mass is 269 g/mol. The van der Waals surface area contributed by atoms with Crippen LogP contribution in [0.15, 0.2) is 12.7 Å². The van der Waals surface area contributed by atoms with Gasteiger partial charge in [-0.25, -0.2) is 9.59 Å². The van der Waals surface area contributed by atoms with Crippen molar-refractivity contribution in [3.8, 4) is 0 Å². The number of alkyl halides is 3. The smallest absolute Gasteiger partial charge is 0.408 e. The molecule has 0 fully saturated rings. The van der Waals surface area contributed by atoms with E-state index >= 15 is 0 Å². The Bertz CT molecular complexity index is 317. The number of aliphatic carboxylic acids is 1. The Labute approximate surface area is 102 Å². The van der Waals surface area contributed by atoms with Crippen LogP contribution >= 0.6 is 0 Å². The van der Waals surface area contributed by atoms with Gasteiger partial charge in [0.05, 0.1) is 5.92 Å². The molecular formula is C10H14F3NO4. The van der Waals surface area contributed by atoms with Crippen molar-refractivity contribution < 1.29 is 32.6 Å². The molecule has 0 aliphatic heterocycles. The largest absolute Gasteiger partial charge is 0.480 e. The number of carbonyl (C=O) groups excluding carboxylic acids is 1. The average Bonchev–Trinajstić information content (AvgIpc) is 2.23. The zero-order valence-electron chi connectivity index (χ0n) is 9.66. The van der Waals surface area contributed by atoms with E-state index in [-0.39, 0.29) is 6.61 Å². The molecule has 2 atom stereocenters. The van der Waals surface area contributed by atoms with E-state index < -0.39 is 36.6 Å². The summed E-state index contributed by atoms with van der Waals surface area (Å²) in [7, 11) is 0. The third-order valence-corrected chi connectivity index (χ3v) is 2.07. The summed E-state index contributed by atoms with van der Waals surface area (Å²) < 4.78 is 41.2. The Balaban J connectivity index is 4.45. The van der Waals surface area contributed by atoms with Crippen LogP contribution in [0.3, 0.4) is 0 Å². The summed E-state index contributed by atoms with van der Waals surface area (Å²) in [6.07, 6.45) is -5.13. The molecule has 0 aromatic rings. The summed E-state index contributed by atoms with van der Waals surface area (Å²) >= 11 is 0. The van der Waals surface area contributed by atoms with Crippen LogP contribution < -0.4 is 5.32 Å². The van der Waals surface area contributed by atoms with Gasteiger partial charge in [0.1, 0.15) is 12.6 Å². The van der Waals surface area contributed by atoms with Crippen LogP contribution in [0.25, 0.3) is 0 Å². The molecule has 0 aromatic heterocycles. The number of hydrogen-bond donors (Lipinski definition) is 2. The topological polar surface area (TPSA) is 75.6 Å². The number of ether oxygens (including phenoxy) is 1. The fraction of sp³-hybridized carbons (Fsp3) is 0.600. The van der Waals surface area contributed by atoms with E-state index in [9.17, 15) is 22.8 Å². The molecule has 104 valence electrons. The number of hydrogen-bond acceptors (Lipinski definition) is 3. The van der Waals surface area contributed by atoms with Gasteiger partial charge >= 0.3 is 18.2 Å². The predicted molar refractivity (Wildman–Crippen MR) is 55.9 cm³/mol. The average molecular weight is 269 g/mol. The Morgan fingerprint density at radius 2 is 2.06 bits per heavy atom. The van der Waals surface area contributed by atoms with Crippen LogP contribution in [0.2, 0.25) is 0 Å². The van der Waals surface area contributed by atoms with E-state index in [2.05, 4.69) is 11.3 Å². The minimum atomic E-state index is -4.51. The molecule has 0 heterocycles. The second kappa shape index (κ2) is 6.87. The molecule has 1 amide bonds. The summed E-state index contributed by atoms with van der Waals surface area (Å²) in [5.41, 5.74) is 0. The molecule has 0 aromatic carbocycles. The van der Waals surface area contributed by atoms with Gasteiger partial charge in [-0.2, -0.15) is 13.2 Å². The summed E-state index contributed by atoms with van der Waals surface area (Å²) in [5, 5.41) is 10.6. The van der Waals surface area contributed by atoms with Crippen molar-refractivity contribution in [1.29, 1.82) is 0 Å². The fourth-order valence-corrected chi connectivity index (χ4v) is 1.03. The highest BCUT2D eigenvalue weighted by Gasteiger charge is 2.39. The third-order valence-electron chi connectivity index (χ3n) is 2.07. The maximum atomic E-state index is 12.3. The Hall–Kier alpha value is -1.73. The van der Waals surface area contributed by atoms with Crippen molar-refractivity contribution >= 4 is 12.1 Å². The summed E-state index contributed by atoms with van der Waals surface area (Å²) in [5.74, 6) is -3.40. The molecule has 0 bridgehead atoms. The quantitative estimate of drug-likeness (QED) is 0.722. The summed E-state index contributed by atoms with van der Waals surface area (Å²) in [6, 6.07) is -1.65. The van der Waals surface area contributed by atoms with E-state index in [0.717, 1.165) is 6.92 Å². The van der Waals surface area contributed by atoms with E-state index in [1.807, 2.05) is 5.32 Å². The lowest BCUT2D eigenvalue weighted by Gasteiger charge is -2.20. The van der Waals surface area contributed by atoms with Crippen molar-refractivity contribution in [1.82, 2.24) is 5.32 Å². The fourth-order valence-electron chi connectivity index (χ4n) is 1.03. The van der Waals surface area contributed by atoms with Crippen LogP contribution in [-0.4, -0.2) is 36.0 Å². The third kappa shape index (κ3) is 6.12. The molecule has 0 radical (unpaired) electrons. The van der Waals surface area contributed by atoms with Gasteiger partial charge in [-0.15, -0.1) is 0 Å². The molecule has 8 heteroatoms. The van der Waals surface area contributed by atoms with Crippen LogP contribution in [0.4, 0.5) is 18.0 Å². The number of carbonyl (C=O) groups is 2. The number of nitrogens with one attached hydrogen (secondary N) is 1. The molecular weight excluding hydrogens is 255 g/mol.